The minimum absolute atomic E-state index is 0.141. The van der Waals surface area contributed by atoms with Gasteiger partial charge in [0.15, 0.2) is 0 Å². The molecule has 0 saturated heterocycles. The van der Waals surface area contributed by atoms with Gasteiger partial charge in [-0.3, -0.25) is 14.9 Å². The van der Waals surface area contributed by atoms with Crippen molar-refractivity contribution in [2.24, 2.45) is 0 Å². The van der Waals surface area contributed by atoms with Crippen LogP contribution in [0.1, 0.15) is 6.42 Å². The van der Waals surface area contributed by atoms with Crippen molar-refractivity contribution < 1.29 is 24.0 Å². The molecule has 3 N–H and O–H groups in total. The van der Waals surface area contributed by atoms with Crippen LogP contribution < -0.4 is 10.6 Å². The van der Waals surface area contributed by atoms with E-state index in [2.05, 4.69) is 10.6 Å². The topological polar surface area (TPSA) is 122 Å². The third-order valence-corrected chi connectivity index (χ3v) is 2.03. The van der Waals surface area contributed by atoms with E-state index >= 15 is 0 Å². The van der Waals surface area contributed by atoms with Crippen LogP contribution in [0.3, 0.4) is 0 Å². The van der Waals surface area contributed by atoms with Gasteiger partial charge in [-0.05, 0) is 6.07 Å². The lowest BCUT2D eigenvalue weighted by Crippen LogP contribution is -2.30. The molecule has 8 nitrogen and oxygen atoms in total. The lowest BCUT2D eigenvalue weighted by atomic mass is 10.2. The number of hydrogen-bond acceptors (Lipinski definition) is 4. The second-order valence-electron chi connectivity index (χ2n) is 3.45. The summed E-state index contributed by atoms with van der Waals surface area (Å²) in [4.78, 5) is 31.2. The van der Waals surface area contributed by atoms with E-state index in [1.807, 2.05) is 0 Å². The van der Waals surface area contributed by atoms with Crippen molar-refractivity contribution in [3.63, 3.8) is 0 Å². The molecule has 0 spiro atoms. The maximum Gasteiger partial charge on any atom is 0.319 e. The van der Waals surface area contributed by atoms with Crippen LogP contribution >= 0.6 is 0 Å². The van der Waals surface area contributed by atoms with Gasteiger partial charge in [-0.25, -0.2) is 9.18 Å². The van der Waals surface area contributed by atoms with E-state index in [9.17, 15) is 24.1 Å². The Morgan fingerprint density at radius 3 is 2.68 bits per heavy atom. The zero-order valence-electron chi connectivity index (χ0n) is 9.55. The number of nitrogens with one attached hydrogen (secondary N) is 2. The Hall–Kier alpha value is -2.71. The summed E-state index contributed by atoms with van der Waals surface area (Å²) in [7, 11) is 0. The number of nitro groups is 1. The molecule has 2 amide bonds. The maximum atomic E-state index is 13.3. The summed E-state index contributed by atoms with van der Waals surface area (Å²) >= 11 is 0. The number of hydrogen-bond donors (Lipinski definition) is 3. The van der Waals surface area contributed by atoms with E-state index < -0.39 is 22.7 Å². The molecule has 0 atom stereocenters. The third kappa shape index (κ3) is 4.58. The molecule has 0 aliphatic rings. The van der Waals surface area contributed by atoms with Crippen LogP contribution in [0.15, 0.2) is 18.2 Å². The molecule has 0 aliphatic heterocycles. The summed E-state index contributed by atoms with van der Waals surface area (Å²) in [5.74, 6) is -1.93. The first kappa shape index (κ1) is 14.4. The fraction of sp³-hybridized carbons (Fsp3) is 0.200. The van der Waals surface area contributed by atoms with Crippen molar-refractivity contribution in [2.75, 3.05) is 11.9 Å². The van der Waals surface area contributed by atoms with Gasteiger partial charge in [0.2, 0.25) is 0 Å². The van der Waals surface area contributed by atoms with Crippen LogP contribution in [0.25, 0.3) is 0 Å². The molecule has 0 heterocycles. The van der Waals surface area contributed by atoms with Crippen LogP contribution in [0.5, 0.6) is 0 Å². The monoisotopic (exact) mass is 271 g/mol. The smallest absolute Gasteiger partial charge is 0.319 e. The van der Waals surface area contributed by atoms with E-state index in [4.69, 9.17) is 5.11 Å². The number of carboxylic acids is 1. The summed E-state index contributed by atoms with van der Waals surface area (Å²) < 4.78 is 13.3. The number of halogens is 1. The molecular weight excluding hydrogens is 261 g/mol. The zero-order valence-corrected chi connectivity index (χ0v) is 9.55. The number of non-ortho nitro benzene ring substituents is 1. The number of nitrogens with zero attached hydrogens (tertiary/aromatic N) is 1. The fourth-order valence-corrected chi connectivity index (χ4v) is 1.17. The number of aliphatic carboxylic acids is 1. The lowest BCUT2D eigenvalue weighted by Gasteiger charge is -2.07. The van der Waals surface area contributed by atoms with Crippen molar-refractivity contribution in [3.8, 4) is 0 Å². The third-order valence-electron chi connectivity index (χ3n) is 2.03. The highest BCUT2D eigenvalue weighted by molar-refractivity contribution is 5.89. The molecule has 0 unspecified atom stereocenters. The number of anilines is 1. The molecule has 102 valence electrons. The van der Waals surface area contributed by atoms with E-state index in [-0.39, 0.29) is 24.3 Å². The van der Waals surface area contributed by atoms with Gasteiger partial charge in [-0.2, -0.15) is 0 Å². The van der Waals surface area contributed by atoms with Gasteiger partial charge in [0, 0.05) is 18.7 Å². The predicted octanol–water partition coefficient (Wildman–Crippen LogP) is 1.33. The zero-order chi connectivity index (χ0) is 14.4. The molecule has 0 aromatic heterocycles. The lowest BCUT2D eigenvalue weighted by molar-refractivity contribution is -0.384. The Labute approximate surface area is 106 Å². The number of amides is 2. The van der Waals surface area contributed by atoms with E-state index in [0.29, 0.717) is 0 Å². The number of benzene rings is 1. The number of rotatable bonds is 5. The number of carbonyl (C=O) groups excluding carboxylic acids is 1. The van der Waals surface area contributed by atoms with Gasteiger partial charge in [-0.15, -0.1) is 0 Å². The minimum Gasteiger partial charge on any atom is -0.481 e. The van der Waals surface area contributed by atoms with Gasteiger partial charge >= 0.3 is 12.0 Å². The minimum atomic E-state index is -1.10. The average molecular weight is 271 g/mol. The van der Waals surface area contributed by atoms with Gasteiger partial charge in [0.25, 0.3) is 5.69 Å². The molecule has 1 rings (SSSR count). The standard InChI is InChI=1S/C10H10FN3O5/c11-7-2-1-6(14(18)19)5-8(7)13-10(17)12-4-3-9(15)16/h1-2,5H,3-4H2,(H,15,16)(H2,12,13,17). The summed E-state index contributed by atoms with van der Waals surface area (Å²) in [6.45, 7) is -0.141. The summed E-state index contributed by atoms with van der Waals surface area (Å²) in [5, 5.41) is 23.1. The highest BCUT2D eigenvalue weighted by Crippen LogP contribution is 2.20. The van der Waals surface area contributed by atoms with E-state index in [0.717, 1.165) is 18.2 Å². The number of nitro benzene ring substituents is 1. The molecule has 19 heavy (non-hydrogen) atoms. The van der Waals surface area contributed by atoms with Crippen molar-refractivity contribution in [1.29, 1.82) is 0 Å². The molecule has 0 radical (unpaired) electrons. The van der Waals surface area contributed by atoms with Crippen molar-refractivity contribution in [1.82, 2.24) is 5.32 Å². The Bertz CT molecular complexity index is 520. The Balaban J connectivity index is 2.65. The quantitative estimate of drug-likeness (QED) is 0.551. The Kier molecular flexibility index (Phi) is 4.75. The van der Waals surface area contributed by atoms with Gasteiger partial charge < -0.3 is 15.7 Å². The summed E-state index contributed by atoms with van der Waals surface area (Å²) in [6, 6.07) is 1.83. The molecule has 0 aliphatic carbocycles. The molecule has 0 saturated carbocycles. The first-order chi connectivity index (χ1) is 8.90. The van der Waals surface area contributed by atoms with Crippen LogP contribution in [0.4, 0.5) is 20.6 Å². The van der Waals surface area contributed by atoms with Crippen LogP contribution in [0.2, 0.25) is 0 Å². The average Bonchev–Trinajstić information content (AvgIpc) is 2.31. The van der Waals surface area contributed by atoms with Crippen LogP contribution in [0, 0.1) is 15.9 Å². The largest absolute Gasteiger partial charge is 0.481 e. The van der Waals surface area contributed by atoms with Crippen LogP contribution in [-0.4, -0.2) is 28.6 Å². The second kappa shape index (κ2) is 6.28. The maximum absolute atomic E-state index is 13.3. The van der Waals surface area contributed by atoms with Crippen molar-refractivity contribution in [2.45, 2.75) is 6.42 Å². The van der Waals surface area contributed by atoms with E-state index in [1.54, 1.807) is 0 Å². The highest BCUT2D eigenvalue weighted by atomic mass is 19.1. The molecular formula is C10H10FN3O5. The predicted molar refractivity (Wildman–Crippen MR) is 62.3 cm³/mol. The molecule has 1 aromatic rings. The number of carbonyl (C=O) groups is 2. The van der Waals surface area contributed by atoms with Gasteiger partial charge in [0.1, 0.15) is 5.82 Å². The fourth-order valence-electron chi connectivity index (χ4n) is 1.17. The Morgan fingerprint density at radius 1 is 1.42 bits per heavy atom. The first-order valence-corrected chi connectivity index (χ1v) is 5.10. The van der Waals surface area contributed by atoms with Crippen LogP contribution in [-0.2, 0) is 4.79 Å². The van der Waals surface area contributed by atoms with Crippen molar-refractivity contribution in [3.05, 3.63) is 34.1 Å². The Morgan fingerprint density at radius 2 is 2.11 bits per heavy atom. The molecule has 0 fully saturated rings. The van der Waals surface area contributed by atoms with E-state index in [1.165, 1.54) is 0 Å². The molecule has 9 heteroatoms. The number of urea groups is 1. The number of carboxylic acid groups (broad SMARTS) is 1. The van der Waals surface area contributed by atoms with Gasteiger partial charge in [-0.1, -0.05) is 0 Å². The highest BCUT2D eigenvalue weighted by Gasteiger charge is 2.12. The summed E-state index contributed by atoms with van der Waals surface area (Å²) in [6.07, 6.45) is -0.287. The summed E-state index contributed by atoms with van der Waals surface area (Å²) in [5.41, 5.74) is -0.732. The normalized spacial score (nSPS) is 9.74. The SMILES string of the molecule is O=C(O)CCNC(=O)Nc1cc([N+](=O)[O-])ccc1F. The second-order valence-corrected chi connectivity index (χ2v) is 3.45. The molecule has 1 aromatic carbocycles. The van der Waals surface area contributed by atoms with Crippen molar-refractivity contribution >= 4 is 23.4 Å². The molecule has 0 bridgehead atoms. The first-order valence-electron chi connectivity index (χ1n) is 5.10. The van der Waals surface area contributed by atoms with Gasteiger partial charge in [0.05, 0.1) is 17.0 Å².